The van der Waals surface area contributed by atoms with Gasteiger partial charge in [0, 0.05) is 6.20 Å². The summed E-state index contributed by atoms with van der Waals surface area (Å²) in [5.41, 5.74) is 3.96. The zero-order valence-electron chi connectivity index (χ0n) is 11.6. The summed E-state index contributed by atoms with van der Waals surface area (Å²) in [5, 5.41) is 3.43. The summed E-state index contributed by atoms with van der Waals surface area (Å²) in [6.07, 6.45) is 12.2. The van der Waals surface area contributed by atoms with Gasteiger partial charge in [0.05, 0.1) is 11.7 Å². The van der Waals surface area contributed by atoms with Gasteiger partial charge in [0.25, 0.3) is 0 Å². The lowest BCUT2D eigenvalue weighted by Crippen LogP contribution is -2.20. The molecule has 2 heteroatoms. The molecule has 1 aromatic heterocycles. The van der Waals surface area contributed by atoms with E-state index in [1.54, 1.807) is 0 Å². The first-order valence-corrected chi connectivity index (χ1v) is 7.10. The van der Waals surface area contributed by atoms with Crippen molar-refractivity contribution in [3.63, 3.8) is 0 Å². The van der Waals surface area contributed by atoms with Crippen LogP contribution in [0.5, 0.6) is 0 Å². The third-order valence-electron chi connectivity index (χ3n) is 3.72. The van der Waals surface area contributed by atoms with Gasteiger partial charge in [-0.2, -0.15) is 0 Å². The standard InChI is InChI=1S/C16H24N2/c1-13-10-11-18-15(12-13)16(17-2)14-8-6-4-3-5-7-9-14/h8,10-12,16-17H,3-7,9H2,1-2H3/b14-8+. The molecule has 1 aromatic rings. The summed E-state index contributed by atoms with van der Waals surface area (Å²) in [6.45, 7) is 2.13. The number of likely N-dealkylation sites (N-methyl/N-ethyl adjacent to an activating group) is 1. The topological polar surface area (TPSA) is 24.9 Å². The van der Waals surface area contributed by atoms with Gasteiger partial charge in [0.15, 0.2) is 0 Å². The number of pyridine rings is 1. The van der Waals surface area contributed by atoms with Crippen LogP contribution in [0.15, 0.2) is 30.0 Å². The van der Waals surface area contributed by atoms with Crippen molar-refractivity contribution in [2.45, 2.75) is 51.5 Å². The summed E-state index contributed by atoms with van der Waals surface area (Å²) in [5.74, 6) is 0. The van der Waals surface area contributed by atoms with Gasteiger partial charge in [-0.1, -0.05) is 24.5 Å². The zero-order chi connectivity index (χ0) is 12.8. The van der Waals surface area contributed by atoms with Crippen LogP contribution in [0.1, 0.15) is 55.8 Å². The average molecular weight is 244 g/mol. The van der Waals surface area contributed by atoms with Crippen molar-refractivity contribution in [3.05, 3.63) is 41.2 Å². The first kappa shape index (κ1) is 13.3. The second kappa shape index (κ2) is 6.69. The molecular weight excluding hydrogens is 220 g/mol. The molecule has 98 valence electrons. The maximum absolute atomic E-state index is 4.54. The smallest absolute Gasteiger partial charge is 0.0708 e. The van der Waals surface area contributed by atoms with Crippen LogP contribution < -0.4 is 5.32 Å². The summed E-state index contributed by atoms with van der Waals surface area (Å²) >= 11 is 0. The van der Waals surface area contributed by atoms with Crippen LogP contribution in [-0.2, 0) is 0 Å². The Bertz CT molecular complexity index is 409. The molecular formula is C16H24N2. The Kier molecular flexibility index (Phi) is 4.94. The molecule has 1 N–H and O–H groups in total. The maximum Gasteiger partial charge on any atom is 0.0708 e. The van der Waals surface area contributed by atoms with Crippen molar-refractivity contribution < 1.29 is 0 Å². The Morgan fingerprint density at radius 3 is 2.83 bits per heavy atom. The molecule has 1 aliphatic carbocycles. The van der Waals surface area contributed by atoms with Gasteiger partial charge < -0.3 is 5.32 Å². The normalized spacial score (nSPS) is 21.6. The molecule has 0 spiro atoms. The van der Waals surface area contributed by atoms with Crippen LogP contribution in [0.4, 0.5) is 0 Å². The molecule has 0 fully saturated rings. The summed E-state index contributed by atoms with van der Waals surface area (Å²) in [4.78, 5) is 4.54. The van der Waals surface area contributed by atoms with E-state index in [2.05, 4.69) is 35.4 Å². The number of allylic oxidation sites excluding steroid dienone is 1. The molecule has 1 heterocycles. The minimum absolute atomic E-state index is 0.294. The lowest BCUT2D eigenvalue weighted by atomic mass is 9.93. The van der Waals surface area contributed by atoms with Gasteiger partial charge in [0.1, 0.15) is 0 Å². The van der Waals surface area contributed by atoms with E-state index in [9.17, 15) is 0 Å². The molecule has 0 saturated carbocycles. The van der Waals surface area contributed by atoms with Crippen molar-refractivity contribution in [2.75, 3.05) is 7.05 Å². The number of aryl methyl sites for hydroxylation is 1. The first-order chi connectivity index (χ1) is 8.81. The highest BCUT2D eigenvalue weighted by atomic mass is 14.9. The van der Waals surface area contributed by atoms with Crippen molar-refractivity contribution in [2.24, 2.45) is 0 Å². The van der Waals surface area contributed by atoms with Gasteiger partial charge >= 0.3 is 0 Å². The largest absolute Gasteiger partial charge is 0.308 e. The Labute approximate surface area is 111 Å². The highest BCUT2D eigenvalue weighted by molar-refractivity contribution is 5.25. The van der Waals surface area contributed by atoms with E-state index in [1.807, 2.05) is 13.2 Å². The Morgan fingerprint density at radius 1 is 1.22 bits per heavy atom. The monoisotopic (exact) mass is 244 g/mol. The first-order valence-electron chi connectivity index (χ1n) is 7.10. The van der Waals surface area contributed by atoms with Crippen molar-refractivity contribution in [1.82, 2.24) is 10.3 Å². The van der Waals surface area contributed by atoms with Crippen LogP contribution in [-0.4, -0.2) is 12.0 Å². The van der Waals surface area contributed by atoms with Crippen LogP contribution in [0.2, 0.25) is 0 Å². The second-order valence-corrected chi connectivity index (χ2v) is 5.21. The number of hydrogen-bond acceptors (Lipinski definition) is 2. The Morgan fingerprint density at radius 2 is 2.06 bits per heavy atom. The van der Waals surface area contributed by atoms with E-state index in [1.165, 1.54) is 49.7 Å². The number of aromatic nitrogens is 1. The van der Waals surface area contributed by atoms with Crippen molar-refractivity contribution >= 4 is 0 Å². The predicted octanol–water partition coefficient (Wildman–Crippen LogP) is 3.93. The van der Waals surface area contributed by atoms with E-state index in [4.69, 9.17) is 0 Å². The molecule has 2 rings (SSSR count). The molecule has 0 aromatic carbocycles. The molecule has 18 heavy (non-hydrogen) atoms. The quantitative estimate of drug-likeness (QED) is 0.815. The van der Waals surface area contributed by atoms with Gasteiger partial charge in [-0.05, 0) is 57.4 Å². The van der Waals surface area contributed by atoms with E-state index < -0.39 is 0 Å². The minimum Gasteiger partial charge on any atom is -0.308 e. The van der Waals surface area contributed by atoms with Crippen LogP contribution in [0, 0.1) is 6.92 Å². The minimum atomic E-state index is 0.294. The van der Waals surface area contributed by atoms with E-state index in [0.29, 0.717) is 6.04 Å². The summed E-state index contributed by atoms with van der Waals surface area (Å²) in [6, 6.07) is 4.55. The molecule has 0 aliphatic heterocycles. The molecule has 0 radical (unpaired) electrons. The van der Waals surface area contributed by atoms with Crippen LogP contribution >= 0.6 is 0 Å². The summed E-state index contributed by atoms with van der Waals surface area (Å²) < 4.78 is 0. The molecule has 1 atom stereocenters. The van der Waals surface area contributed by atoms with E-state index in [0.717, 1.165) is 5.69 Å². The fraction of sp³-hybridized carbons (Fsp3) is 0.562. The number of hydrogen-bond donors (Lipinski definition) is 1. The lowest BCUT2D eigenvalue weighted by molar-refractivity contribution is 0.567. The third-order valence-corrected chi connectivity index (χ3v) is 3.72. The predicted molar refractivity (Wildman–Crippen MR) is 76.6 cm³/mol. The van der Waals surface area contributed by atoms with Gasteiger partial charge in [-0.15, -0.1) is 0 Å². The molecule has 0 saturated heterocycles. The Balaban J connectivity index is 2.21. The van der Waals surface area contributed by atoms with Crippen molar-refractivity contribution in [3.8, 4) is 0 Å². The SMILES string of the molecule is CNC(/C1=C/CCCCCC1)c1cc(C)ccn1. The molecule has 1 aliphatic rings. The maximum atomic E-state index is 4.54. The van der Waals surface area contributed by atoms with Crippen LogP contribution in [0.3, 0.4) is 0 Å². The van der Waals surface area contributed by atoms with E-state index in [-0.39, 0.29) is 0 Å². The number of nitrogens with one attached hydrogen (secondary N) is 1. The number of rotatable bonds is 3. The van der Waals surface area contributed by atoms with Gasteiger partial charge in [0.2, 0.25) is 0 Å². The zero-order valence-corrected chi connectivity index (χ0v) is 11.6. The fourth-order valence-electron chi connectivity index (χ4n) is 2.72. The number of nitrogens with zero attached hydrogens (tertiary/aromatic N) is 1. The van der Waals surface area contributed by atoms with Crippen LogP contribution in [0.25, 0.3) is 0 Å². The lowest BCUT2D eigenvalue weighted by Gasteiger charge is -2.21. The van der Waals surface area contributed by atoms with E-state index >= 15 is 0 Å². The molecule has 1 unspecified atom stereocenters. The molecule has 0 bridgehead atoms. The average Bonchev–Trinajstić information content (AvgIpc) is 2.32. The van der Waals surface area contributed by atoms with Gasteiger partial charge in [-0.3, -0.25) is 4.98 Å². The summed E-state index contributed by atoms with van der Waals surface area (Å²) in [7, 11) is 2.04. The highest BCUT2D eigenvalue weighted by Crippen LogP contribution is 2.27. The third kappa shape index (κ3) is 3.42. The van der Waals surface area contributed by atoms with Crippen molar-refractivity contribution in [1.29, 1.82) is 0 Å². The second-order valence-electron chi connectivity index (χ2n) is 5.21. The highest BCUT2D eigenvalue weighted by Gasteiger charge is 2.16. The van der Waals surface area contributed by atoms with Gasteiger partial charge in [-0.25, -0.2) is 0 Å². The fourth-order valence-corrected chi connectivity index (χ4v) is 2.72. The molecule has 0 amide bonds. The Hall–Kier alpha value is -1.15. The molecule has 2 nitrogen and oxygen atoms in total.